The highest BCUT2D eigenvalue weighted by Crippen LogP contribution is 2.27. The highest BCUT2D eigenvalue weighted by atomic mass is 32.2. The molecule has 1 N–H and O–H groups in total. The molecule has 3 rings (SSSR count). The number of carbonyl (C=O) groups is 1. The summed E-state index contributed by atoms with van der Waals surface area (Å²) >= 11 is 3.27. The lowest BCUT2D eigenvalue weighted by Gasteiger charge is -2.03. The van der Waals surface area contributed by atoms with Gasteiger partial charge in [-0.25, -0.2) is 4.98 Å². The van der Waals surface area contributed by atoms with E-state index in [1.165, 1.54) is 22.5 Å². The van der Waals surface area contributed by atoms with E-state index >= 15 is 0 Å². The van der Waals surface area contributed by atoms with E-state index in [1.807, 2.05) is 43.3 Å². The van der Waals surface area contributed by atoms with Gasteiger partial charge in [0.25, 0.3) is 5.91 Å². The Morgan fingerprint density at radius 3 is 2.73 bits per heavy atom. The van der Waals surface area contributed by atoms with Crippen LogP contribution in [0.25, 0.3) is 10.2 Å². The van der Waals surface area contributed by atoms with Gasteiger partial charge in [-0.2, -0.15) is 11.8 Å². The minimum atomic E-state index is -0.119. The van der Waals surface area contributed by atoms with Gasteiger partial charge in [-0.3, -0.25) is 10.1 Å². The Balaban J connectivity index is 1.77. The number of benzene rings is 2. The predicted molar refractivity (Wildman–Crippen MR) is 96.0 cm³/mol. The van der Waals surface area contributed by atoms with Crippen LogP contribution >= 0.6 is 23.1 Å². The Morgan fingerprint density at radius 2 is 2.00 bits per heavy atom. The number of rotatable bonds is 4. The molecule has 0 fully saturated rings. The number of fused-ring (bicyclic) bond motifs is 1. The van der Waals surface area contributed by atoms with E-state index in [4.69, 9.17) is 0 Å². The summed E-state index contributed by atoms with van der Waals surface area (Å²) in [5, 5.41) is 3.52. The lowest BCUT2D eigenvalue weighted by atomic mass is 10.1. The van der Waals surface area contributed by atoms with Crippen molar-refractivity contribution in [2.75, 3.05) is 11.6 Å². The third-order valence-corrected chi connectivity index (χ3v) is 4.85. The average molecular weight is 328 g/mol. The Morgan fingerprint density at radius 1 is 1.23 bits per heavy atom. The molecule has 0 spiro atoms. The van der Waals surface area contributed by atoms with Crippen LogP contribution in [-0.4, -0.2) is 17.1 Å². The van der Waals surface area contributed by atoms with E-state index in [0.29, 0.717) is 10.7 Å². The van der Waals surface area contributed by atoms with Gasteiger partial charge < -0.3 is 0 Å². The number of anilines is 1. The maximum Gasteiger partial charge on any atom is 0.257 e. The zero-order valence-corrected chi connectivity index (χ0v) is 14.1. The van der Waals surface area contributed by atoms with E-state index in [1.54, 1.807) is 11.8 Å². The van der Waals surface area contributed by atoms with Gasteiger partial charge in [0.1, 0.15) is 0 Å². The lowest BCUT2D eigenvalue weighted by molar-refractivity contribution is 0.102. The number of thioether (sulfide) groups is 1. The second-order valence-corrected chi connectivity index (χ2v) is 6.97. The van der Waals surface area contributed by atoms with Crippen LogP contribution in [0.15, 0.2) is 42.5 Å². The Bertz CT molecular complexity index is 809. The second kappa shape index (κ2) is 6.50. The maximum absolute atomic E-state index is 12.3. The quantitative estimate of drug-likeness (QED) is 0.753. The second-order valence-electron chi connectivity index (χ2n) is 5.07. The van der Waals surface area contributed by atoms with Crippen LogP contribution in [0, 0.1) is 6.92 Å². The van der Waals surface area contributed by atoms with Gasteiger partial charge in [-0.1, -0.05) is 29.5 Å². The first-order chi connectivity index (χ1) is 10.7. The number of thiazole rings is 1. The summed E-state index contributed by atoms with van der Waals surface area (Å²) in [6.45, 7) is 2.05. The van der Waals surface area contributed by atoms with Gasteiger partial charge >= 0.3 is 0 Å². The molecule has 22 heavy (non-hydrogen) atoms. The largest absolute Gasteiger partial charge is 0.298 e. The summed E-state index contributed by atoms with van der Waals surface area (Å²) in [7, 11) is 0. The predicted octanol–water partition coefficient (Wildman–Crippen LogP) is 4.72. The van der Waals surface area contributed by atoms with E-state index in [-0.39, 0.29) is 5.91 Å². The van der Waals surface area contributed by atoms with Gasteiger partial charge in [-0.05, 0) is 48.6 Å². The molecule has 0 unspecified atom stereocenters. The fraction of sp³-hybridized carbons (Fsp3) is 0.176. The third-order valence-electron chi connectivity index (χ3n) is 3.29. The molecule has 3 aromatic rings. The molecule has 1 aromatic heterocycles. The summed E-state index contributed by atoms with van der Waals surface area (Å²) in [5.41, 5.74) is 3.99. The summed E-state index contributed by atoms with van der Waals surface area (Å²) in [6, 6.07) is 13.8. The molecule has 1 amide bonds. The monoisotopic (exact) mass is 328 g/mol. The molecule has 3 nitrogen and oxygen atoms in total. The summed E-state index contributed by atoms with van der Waals surface area (Å²) in [4.78, 5) is 16.7. The van der Waals surface area contributed by atoms with E-state index in [0.717, 1.165) is 16.0 Å². The van der Waals surface area contributed by atoms with Crippen LogP contribution in [0.3, 0.4) is 0 Å². The molecule has 0 bridgehead atoms. The maximum atomic E-state index is 12.3. The number of hydrogen-bond acceptors (Lipinski definition) is 4. The summed E-state index contributed by atoms with van der Waals surface area (Å²) in [5.74, 6) is 0.838. The Kier molecular flexibility index (Phi) is 4.45. The fourth-order valence-corrected chi connectivity index (χ4v) is 3.66. The highest BCUT2D eigenvalue weighted by molar-refractivity contribution is 7.97. The van der Waals surface area contributed by atoms with Crippen LogP contribution in [-0.2, 0) is 5.75 Å². The van der Waals surface area contributed by atoms with Crippen molar-refractivity contribution in [2.45, 2.75) is 12.7 Å². The zero-order valence-electron chi connectivity index (χ0n) is 12.4. The molecule has 112 valence electrons. The van der Waals surface area contributed by atoms with E-state index in [9.17, 15) is 4.79 Å². The van der Waals surface area contributed by atoms with Crippen molar-refractivity contribution in [3.8, 4) is 0 Å². The fourth-order valence-electron chi connectivity index (χ4n) is 2.17. The first kappa shape index (κ1) is 15.1. The van der Waals surface area contributed by atoms with Crippen LogP contribution in [0.2, 0.25) is 0 Å². The van der Waals surface area contributed by atoms with Crippen LogP contribution < -0.4 is 5.32 Å². The topological polar surface area (TPSA) is 42.0 Å². The number of carbonyl (C=O) groups excluding carboxylic acids is 1. The van der Waals surface area contributed by atoms with Crippen molar-refractivity contribution in [3.63, 3.8) is 0 Å². The van der Waals surface area contributed by atoms with Gasteiger partial charge in [0.05, 0.1) is 10.2 Å². The van der Waals surface area contributed by atoms with E-state index in [2.05, 4.69) is 22.6 Å². The van der Waals surface area contributed by atoms with Crippen molar-refractivity contribution in [1.82, 2.24) is 4.98 Å². The van der Waals surface area contributed by atoms with Crippen molar-refractivity contribution in [1.29, 1.82) is 0 Å². The third kappa shape index (κ3) is 3.31. The van der Waals surface area contributed by atoms with Crippen LogP contribution in [0.5, 0.6) is 0 Å². The Labute approximate surface area is 137 Å². The number of nitrogens with one attached hydrogen (secondary N) is 1. The molecular formula is C17H16N2OS2. The first-order valence-corrected chi connectivity index (χ1v) is 9.13. The van der Waals surface area contributed by atoms with Crippen molar-refractivity contribution in [3.05, 3.63) is 59.2 Å². The van der Waals surface area contributed by atoms with Gasteiger partial charge in [0, 0.05) is 11.3 Å². The number of aromatic nitrogens is 1. The molecule has 5 heteroatoms. The van der Waals surface area contributed by atoms with Gasteiger partial charge in [-0.15, -0.1) is 0 Å². The number of nitrogens with zero attached hydrogens (tertiary/aromatic N) is 1. The zero-order chi connectivity index (χ0) is 15.5. The van der Waals surface area contributed by atoms with Crippen LogP contribution in [0.1, 0.15) is 21.5 Å². The highest BCUT2D eigenvalue weighted by Gasteiger charge is 2.10. The normalized spacial score (nSPS) is 10.8. The Hall–Kier alpha value is -1.85. The molecule has 0 saturated carbocycles. The average Bonchev–Trinajstić information content (AvgIpc) is 2.89. The molecule has 1 heterocycles. The van der Waals surface area contributed by atoms with E-state index < -0.39 is 0 Å². The van der Waals surface area contributed by atoms with Crippen molar-refractivity contribution < 1.29 is 4.79 Å². The molecular weight excluding hydrogens is 312 g/mol. The first-order valence-electron chi connectivity index (χ1n) is 6.92. The summed E-state index contributed by atoms with van der Waals surface area (Å²) < 4.78 is 1.09. The minimum Gasteiger partial charge on any atom is -0.298 e. The number of amides is 1. The van der Waals surface area contributed by atoms with Gasteiger partial charge in [0.2, 0.25) is 0 Å². The van der Waals surface area contributed by atoms with Crippen molar-refractivity contribution in [2.24, 2.45) is 0 Å². The molecule has 0 atom stereocenters. The van der Waals surface area contributed by atoms with Crippen LogP contribution in [0.4, 0.5) is 5.13 Å². The smallest absolute Gasteiger partial charge is 0.257 e. The summed E-state index contributed by atoms with van der Waals surface area (Å²) in [6.07, 6.45) is 2.06. The molecule has 0 aliphatic rings. The SMILES string of the molecule is CSCc1ccc(C(=O)Nc2nc3ccc(C)cc3s2)cc1. The molecule has 0 saturated heterocycles. The molecule has 0 aliphatic carbocycles. The molecule has 2 aromatic carbocycles. The minimum absolute atomic E-state index is 0.119. The molecule has 0 radical (unpaired) electrons. The standard InChI is InChI=1S/C17H16N2OS2/c1-11-3-8-14-15(9-11)22-17(18-14)19-16(20)13-6-4-12(5-7-13)10-21-2/h3-9H,10H2,1-2H3,(H,18,19,20). The number of hydrogen-bond donors (Lipinski definition) is 1. The number of aryl methyl sites for hydroxylation is 1. The van der Waals surface area contributed by atoms with Crippen molar-refractivity contribution >= 4 is 44.4 Å². The van der Waals surface area contributed by atoms with Gasteiger partial charge in [0.15, 0.2) is 5.13 Å². The molecule has 0 aliphatic heterocycles. The lowest BCUT2D eigenvalue weighted by Crippen LogP contribution is -2.11.